The summed E-state index contributed by atoms with van der Waals surface area (Å²) in [7, 11) is 3.53. The van der Waals surface area contributed by atoms with Gasteiger partial charge in [-0.05, 0) is 58.3 Å². The number of rotatable bonds is 14. The molecule has 1 rings (SSSR count). The van der Waals surface area contributed by atoms with Crippen LogP contribution in [0.4, 0.5) is 0 Å². The van der Waals surface area contributed by atoms with E-state index in [4.69, 9.17) is 4.74 Å². The second kappa shape index (κ2) is 14.1. The number of carbonyl (C=O) groups excluding carboxylic acids is 3. The second-order valence-corrected chi connectivity index (χ2v) is 11.3. The number of nitrogens with zero attached hydrogens (tertiary/aromatic N) is 2. The first-order chi connectivity index (χ1) is 15.9. The van der Waals surface area contributed by atoms with Crippen LogP contribution in [0.5, 0.6) is 0 Å². The molecule has 0 aromatic heterocycles. The summed E-state index contributed by atoms with van der Waals surface area (Å²) >= 11 is 0. The molecular weight excluding hydrogens is 428 g/mol. The number of hydrogen-bond acceptors (Lipinski definition) is 4. The molecule has 0 N–H and O–H groups in total. The predicted molar refractivity (Wildman–Crippen MR) is 138 cm³/mol. The van der Waals surface area contributed by atoms with Crippen LogP contribution in [0.2, 0.25) is 0 Å². The first-order valence-electron chi connectivity index (χ1n) is 13.6. The Hall–Kier alpha value is -1.59. The first-order valence-corrected chi connectivity index (χ1v) is 13.6. The largest absolute Gasteiger partial charge is 0.465 e. The number of amides is 2. The molecule has 1 fully saturated rings. The summed E-state index contributed by atoms with van der Waals surface area (Å²) in [6, 6.07) is -0.0601. The molecule has 0 aromatic rings. The summed E-state index contributed by atoms with van der Waals surface area (Å²) in [4.78, 5) is 43.1. The van der Waals surface area contributed by atoms with Crippen molar-refractivity contribution in [3.8, 4) is 0 Å². The van der Waals surface area contributed by atoms with Crippen molar-refractivity contribution in [1.29, 1.82) is 0 Å². The molecule has 1 heterocycles. The maximum atomic E-state index is 13.4. The van der Waals surface area contributed by atoms with Gasteiger partial charge in [-0.2, -0.15) is 0 Å². The maximum absolute atomic E-state index is 13.4. The molecule has 1 aliphatic rings. The molecule has 34 heavy (non-hydrogen) atoms. The quantitative estimate of drug-likeness (QED) is 0.293. The average Bonchev–Trinajstić information content (AvgIpc) is 3.02. The van der Waals surface area contributed by atoms with Gasteiger partial charge in [-0.25, -0.2) is 0 Å². The smallest absolute Gasteiger partial charge is 0.311 e. The molecule has 0 aromatic carbocycles. The van der Waals surface area contributed by atoms with Gasteiger partial charge in [0.2, 0.25) is 11.8 Å². The highest BCUT2D eigenvalue weighted by atomic mass is 16.5. The van der Waals surface area contributed by atoms with Crippen molar-refractivity contribution in [2.24, 2.45) is 16.7 Å². The SMILES string of the molecule is CCCCC(CC)COC(=O)C(C)(CC)CC(C)(CC(C)N1CCCCCC1=O)C(=O)N(C)C. The zero-order chi connectivity index (χ0) is 25.9. The van der Waals surface area contributed by atoms with E-state index in [2.05, 4.69) is 13.8 Å². The van der Waals surface area contributed by atoms with E-state index in [0.717, 1.165) is 51.5 Å². The molecule has 4 unspecified atom stereocenters. The van der Waals surface area contributed by atoms with Crippen LogP contribution in [0.1, 0.15) is 112 Å². The van der Waals surface area contributed by atoms with Crippen molar-refractivity contribution in [3.05, 3.63) is 0 Å². The van der Waals surface area contributed by atoms with Crippen molar-refractivity contribution in [3.63, 3.8) is 0 Å². The van der Waals surface area contributed by atoms with Crippen LogP contribution in [0.25, 0.3) is 0 Å². The molecule has 0 saturated carbocycles. The fraction of sp³-hybridized carbons (Fsp3) is 0.893. The molecule has 0 bridgehead atoms. The second-order valence-electron chi connectivity index (χ2n) is 11.3. The van der Waals surface area contributed by atoms with E-state index in [1.165, 1.54) is 0 Å². The van der Waals surface area contributed by atoms with Crippen LogP contribution in [-0.2, 0) is 19.1 Å². The molecular formula is C28H52N2O4. The number of esters is 1. The lowest BCUT2D eigenvalue weighted by Gasteiger charge is -2.41. The zero-order valence-corrected chi connectivity index (χ0v) is 23.4. The molecule has 0 aliphatic carbocycles. The van der Waals surface area contributed by atoms with Crippen molar-refractivity contribution < 1.29 is 19.1 Å². The van der Waals surface area contributed by atoms with Gasteiger partial charge in [-0.15, -0.1) is 0 Å². The standard InChI is InChI=1S/C28H52N2O4/c1-9-12-16-23(10-2)20-34-26(33)27(5,11-3)21-28(6,25(32)29(7)8)19-22(4)30-18-15-13-14-17-24(30)31/h22-23H,9-21H2,1-8H3. The Balaban J connectivity index is 3.06. The average molecular weight is 481 g/mol. The van der Waals surface area contributed by atoms with E-state index in [1.807, 2.05) is 32.6 Å². The fourth-order valence-corrected chi connectivity index (χ4v) is 5.48. The summed E-state index contributed by atoms with van der Waals surface area (Å²) in [6.45, 7) is 13.5. The topological polar surface area (TPSA) is 66.9 Å². The lowest BCUT2D eigenvalue weighted by Crippen LogP contribution is -2.49. The van der Waals surface area contributed by atoms with Gasteiger partial charge in [-0.1, -0.05) is 53.4 Å². The third-order valence-corrected chi connectivity index (χ3v) is 7.86. The Bertz CT molecular complexity index is 665. The number of hydrogen-bond donors (Lipinski definition) is 0. The van der Waals surface area contributed by atoms with Crippen molar-refractivity contribution >= 4 is 17.8 Å². The van der Waals surface area contributed by atoms with E-state index in [-0.39, 0.29) is 23.8 Å². The van der Waals surface area contributed by atoms with Crippen molar-refractivity contribution in [2.75, 3.05) is 27.2 Å². The van der Waals surface area contributed by atoms with Gasteiger partial charge in [0.25, 0.3) is 0 Å². The van der Waals surface area contributed by atoms with E-state index in [9.17, 15) is 14.4 Å². The highest BCUT2D eigenvalue weighted by Gasteiger charge is 2.46. The minimum Gasteiger partial charge on any atom is -0.465 e. The summed E-state index contributed by atoms with van der Waals surface area (Å²) in [5.74, 6) is 0.360. The van der Waals surface area contributed by atoms with Crippen LogP contribution >= 0.6 is 0 Å². The minimum absolute atomic E-state index is 0.00322. The monoisotopic (exact) mass is 480 g/mol. The van der Waals surface area contributed by atoms with Crippen molar-refractivity contribution in [1.82, 2.24) is 9.80 Å². The van der Waals surface area contributed by atoms with Crippen molar-refractivity contribution in [2.45, 2.75) is 118 Å². The van der Waals surface area contributed by atoms with Gasteiger partial charge in [0.1, 0.15) is 0 Å². The van der Waals surface area contributed by atoms with E-state index in [1.54, 1.807) is 19.0 Å². The Morgan fingerprint density at radius 1 is 1.09 bits per heavy atom. The molecule has 1 aliphatic heterocycles. The summed E-state index contributed by atoms with van der Waals surface area (Å²) in [5.41, 5.74) is -1.53. The van der Waals surface area contributed by atoms with Crippen LogP contribution in [-0.4, -0.2) is 60.9 Å². The Labute approximate surface area is 209 Å². The predicted octanol–water partition coefficient (Wildman–Crippen LogP) is 5.83. The van der Waals surface area contributed by atoms with Gasteiger partial charge in [0.05, 0.1) is 12.0 Å². The van der Waals surface area contributed by atoms with Gasteiger partial charge < -0.3 is 14.5 Å². The normalized spacial score (nSPS) is 20.0. The van der Waals surface area contributed by atoms with Gasteiger partial charge >= 0.3 is 5.97 Å². The molecule has 198 valence electrons. The highest BCUT2D eigenvalue weighted by molar-refractivity contribution is 5.84. The summed E-state index contributed by atoms with van der Waals surface area (Å²) in [6.07, 6.45) is 9.48. The van der Waals surface area contributed by atoms with Crippen LogP contribution in [0.15, 0.2) is 0 Å². The number of likely N-dealkylation sites (tertiary alicyclic amines) is 1. The third kappa shape index (κ3) is 8.57. The number of carbonyl (C=O) groups is 3. The lowest BCUT2D eigenvalue weighted by molar-refractivity contribution is -0.161. The van der Waals surface area contributed by atoms with Gasteiger partial charge in [0.15, 0.2) is 0 Å². The number of unbranched alkanes of at least 4 members (excludes halogenated alkanes) is 1. The van der Waals surface area contributed by atoms with Crippen LogP contribution < -0.4 is 0 Å². The van der Waals surface area contributed by atoms with E-state index < -0.39 is 10.8 Å². The van der Waals surface area contributed by atoms with Gasteiger partial charge in [0, 0.05) is 38.5 Å². The van der Waals surface area contributed by atoms with E-state index >= 15 is 0 Å². The van der Waals surface area contributed by atoms with Crippen LogP contribution in [0.3, 0.4) is 0 Å². The molecule has 1 saturated heterocycles. The molecule has 6 heteroatoms. The van der Waals surface area contributed by atoms with Crippen LogP contribution in [0, 0.1) is 16.7 Å². The summed E-state index contributed by atoms with van der Waals surface area (Å²) in [5, 5.41) is 0. The summed E-state index contributed by atoms with van der Waals surface area (Å²) < 4.78 is 5.86. The molecule has 6 nitrogen and oxygen atoms in total. The first kappa shape index (κ1) is 30.4. The number of ether oxygens (including phenoxy) is 1. The third-order valence-electron chi connectivity index (χ3n) is 7.86. The molecule has 0 spiro atoms. The minimum atomic E-state index is -0.772. The van der Waals surface area contributed by atoms with Gasteiger partial charge in [-0.3, -0.25) is 14.4 Å². The maximum Gasteiger partial charge on any atom is 0.311 e. The highest BCUT2D eigenvalue weighted by Crippen LogP contribution is 2.42. The Kier molecular flexibility index (Phi) is 12.6. The molecule has 0 radical (unpaired) electrons. The lowest BCUT2D eigenvalue weighted by atomic mass is 9.68. The fourth-order valence-electron chi connectivity index (χ4n) is 5.48. The van der Waals surface area contributed by atoms with E-state index in [0.29, 0.717) is 38.2 Å². The molecule has 4 atom stereocenters. The zero-order valence-electron chi connectivity index (χ0n) is 23.4. The molecule has 2 amide bonds. The Morgan fingerprint density at radius 2 is 1.76 bits per heavy atom. The Morgan fingerprint density at radius 3 is 2.32 bits per heavy atom.